The maximum Gasteiger partial charge on any atom is 0.251 e. The highest BCUT2D eigenvalue weighted by atomic mass is 16.5. The number of hydrogen-bond donors (Lipinski definition) is 2. The van der Waals surface area contributed by atoms with Crippen molar-refractivity contribution >= 4 is 11.6 Å². The second-order valence-electron chi connectivity index (χ2n) is 4.47. The predicted molar refractivity (Wildman–Crippen MR) is 78.3 cm³/mol. The molecule has 0 aliphatic carbocycles. The molecule has 0 aliphatic rings. The van der Waals surface area contributed by atoms with Gasteiger partial charge in [-0.2, -0.15) is 0 Å². The van der Waals surface area contributed by atoms with Crippen LogP contribution < -0.4 is 11.1 Å². The van der Waals surface area contributed by atoms with E-state index in [1.165, 1.54) is 0 Å². The molecule has 0 saturated heterocycles. The fourth-order valence-electron chi connectivity index (χ4n) is 1.71. The Morgan fingerprint density at radius 3 is 2.79 bits per heavy atom. The number of amides is 1. The third-order valence-corrected chi connectivity index (χ3v) is 2.86. The van der Waals surface area contributed by atoms with Gasteiger partial charge in [0.25, 0.3) is 5.91 Å². The summed E-state index contributed by atoms with van der Waals surface area (Å²) in [5.74, 6) is -0.114. The van der Waals surface area contributed by atoms with E-state index in [0.29, 0.717) is 31.0 Å². The average molecular weight is 262 g/mol. The maximum atomic E-state index is 12.0. The van der Waals surface area contributed by atoms with Gasteiger partial charge in [-0.1, -0.05) is 12.1 Å². The van der Waals surface area contributed by atoms with Crippen molar-refractivity contribution in [1.82, 2.24) is 5.32 Å². The normalized spacial score (nSPS) is 10.2. The lowest BCUT2D eigenvalue weighted by Crippen LogP contribution is -2.28. The predicted octanol–water partition coefficient (Wildman–Crippen LogP) is 2.21. The molecule has 0 saturated carbocycles. The lowest BCUT2D eigenvalue weighted by atomic mass is 10.0. The Balaban J connectivity index is 2.45. The number of nitrogen functional groups attached to an aromatic ring is 1. The van der Waals surface area contributed by atoms with E-state index in [1.807, 2.05) is 19.9 Å². The van der Waals surface area contributed by atoms with Crippen LogP contribution in [0.4, 0.5) is 5.69 Å². The molecule has 4 nitrogen and oxygen atoms in total. The third kappa shape index (κ3) is 4.75. The molecule has 0 spiro atoms. The van der Waals surface area contributed by atoms with Crippen LogP contribution >= 0.6 is 0 Å². The van der Waals surface area contributed by atoms with Crippen LogP contribution in [0, 0.1) is 13.8 Å². The second kappa shape index (κ2) is 7.59. The summed E-state index contributed by atoms with van der Waals surface area (Å²) in [6, 6.07) is 3.64. The van der Waals surface area contributed by atoms with Crippen LogP contribution in [-0.2, 0) is 4.74 Å². The smallest absolute Gasteiger partial charge is 0.251 e. The number of rotatable bonds is 7. The third-order valence-electron chi connectivity index (χ3n) is 2.86. The summed E-state index contributed by atoms with van der Waals surface area (Å²) >= 11 is 0. The van der Waals surface area contributed by atoms with Gasteiger partial charge in [-0.3, -0.25) is 4.79 Å². The fraction of sp³-hybridized carbons (Fsp3) is 0.400. The molecule has 1 aromatic carbocycles. The van der Waals surface area contributed by atoms with Crippen LogP contribution in [-0.4, -0.2) is 25.7 Å². The molecule has 104 valence electrons. The molecule has 3 N–H and O–H groups in total. The minimum Gasteiger partial charge on any atom is -0.398 e. The molecule has 0 bridgehead atoms. The van der Waals surface area contributed by atoms with Crippen molar-refractivity contribution in [2.45, 2.75) is 20.3 Å². The van der Waals surface area contributed by atoms with Crippen LogP contribution in [0.1, 0.15) is 27.9 Å². The van der Waals surface area contributed by atoms with Crippen LogP contribution in [0.5, 0.6) is 0 Å². The minimum atomic E-state index is -0.114. The van der Waals surface area contributed by atoms with Crippen LogP contribution in [0.3, 0.4) is 0 Å². The van der Waals surface area contributed by atoms with E-state index in [-0.39, 0.29) is 5.91 Å². The second-order valence-corrected chi connectivity index (χ2v) is 4.47. The van der Waals surface area contributed by atoms with Gasteiger partial charge in [-0.15, -0.1) is 6.58 Å². The van der Waals surface area contributed by atoms with Gasteiger partial charge in [-0.05, 0) is 37.5 Å². The number of ether oxygens (including phenoxy) is 1. The molecule has 0 unspecified atom stereocenters. The van der Waals surface area contributed by atoms with Gasteiger partial charge in [-0.25, -0.2) is 0 Å². The SMILES string of the molecule is C=CCCOCCNC(=O)c1cc(N)c(C)cc1C. The zero-order valence-corrected chi connectivity index (χ0v) is 11.7. The molecule has 1 rings (SSSR count). The highest BCUT2D eigenvalue weighted by Crippen LogP contribution is 2.17. The monoisotopic (exact) mass is 262 g/mol. The number of aryl methyl sites for hydroxylation is 2. The number of anilines is 1. The Bertz CT molecular complexity index is 456. The Hall–Kier alpha value is -1.81. The first-order valence-electron chi connectivity index (χ1n) is 6.39. The molecule has 19 heavy (non-hydrogen) atoms. The lowest BCUT2D eigenvalue weighted by molar-refractivity contribution is 0.0917. The van der Waals surface area contributed by atoms with Crippen LogP contribution in [0.15, 0.2) is 24.8 Å². The number of benzene rings is 1. The quantitative estimate of drug-likeness (QED) is 0.450. The van der Waals surface area contributed by atoms with Crippen LogP contribution in [0.2, 0.25) is 0 Å². The zero-order valence-electron chi connectivity index (χ0n) is 11.7. The van der Waals surface area contributed by atoms with E-state index in [4.69, 9.17) is 10.5 Å². The molecular weight excluding hydrogens is 240 g/mol. The molecule has 0 radical (unpaired) electrons. The van der Waals surface area contributed by atoms with Crippen molar-refractivity contribution in [1.29, 1.82) is 0 Å². The fourth-order valence-corrected chi connectivity index (χ4v) is 1.71. The highest BCUT2D eigenvalue weighted by molar-refractivity contribution is 5.96. The first kappa shape index (κ1) is 15.2. The number of nitrogens with two attached hydrogens (primary N) is 1. The van der Waals surface area contributed by atoms with Gasteiger partial charge in [0.2, 0.25) is 0 Å². The van der Waals surface area contributed by atoms with E-state index in [1.54, 1.807) is 12.1 Å². The first-order chi connectivity index (χ1) is 9.06. The van der Waals surface area contributed by atoms with E-state index in [9.17, 15) is 4.79 Å². The van der Waals surface area contributed by atoms with E-state index >= 15 is 0 Å². The van der Waals surface area contributed by atoms with Crippen LogP contribution in [0.25, 0.3) is 0 Å². The molecule has 0 heterocycles. The minimum absolute atomic E-state index is 0.114. The average Bonchev–Trinajstić information content (AvgIpc) is 2.37. The van der Waals surface area contributed by atoms with E-state index < -0.39 is 0 Å². The zero-order chi connectivity index (χ0) is 14.3. The standard InChI is InChI=1S/C15H22N2O2/c1-4-5-7-19-8-6-17-15(18)13-10-14(16)12(3)9-11(13)2/h4,9-10H,1,5-8,16H2,2-3H3,(H,17,18). The van der Waals surface area contributed by atoms with Gasteiger partial charge < -0.3 is 15.8 Å². The molecule has 1 amide bonds. The number of carbonyl (C=O) groups is 1. The summed E-state index contributed by atoms with van der Waals surface area (Å²) < 4.78 is 5.32. The van der Waals surface area contributed by atoms with Gasteiger partial charge >= 0.3 is 0 Å². The van der Waals surface area contributed by atoms with Gasteiger partial charge in [0.1, 0.15) is 0 Å². The highest BCUT2D eigenvalue weighted by Gasteiger charge is 2.10. The first-order valence-corrected chi connectivity index (χ1v) is 6.39. The molecular formula is C15H22N2O2. The van der Waals surface area contributed by atoms with Crippen molar-refractivity contribution in [3.8, 4) is 0 Å². The molecule has 0 fully saturated rings. The topological polar surface area (TPSA) is 64.3 Å². The summed E-state index contributed by atoms with van der Waals surface area (Å²) in [6.07, 6.45) is 2.62. The van der Waals surface area contributed by atoms with Crippen molar-refractivity contribution in [2.75, 3.05) is 25.5 Å². The van der Waals surface area contributed by atoms with Crippen molar-refractivity contribution in [2.24, 2.45) is 0 Å². The summed E-state index contributed by atoms with van der Waals surface area (Å²) in [5.41, 5.74) is 8.99. The molecule has 0 aromatic heterocycles. The van der Waals surface area contributed by atoms with Crippen molar-refractivity contribution in [3.05, 3.63) is 41.5 Å². The van der Waals surface area contributed by atoms with E-state index in [0.717, 1.165) is 17.5 Å². The summed E-state index contributed by atoms with van der Waals surface area (Å²) in [7, 11) is 0. The van der Waals surface area contributed by atoms with Gasteiger partial charge in [0, 0.05) is 17.8 Å². The van der Waals surface area contributed by atoms with Gasteiger partial charge in [0.05, 0.1) is 13.2 Å². The van der Waals surface area contributed by atoms with Crippen molar-refractivity contribution < 1.29 is 9.53 Å². The number of carbonyl (C=O) groups excluding carboxylic acids is 1. The Labute approximate surface area is 114 Å². The molecule has 0 atom stereocenters. The molecule has 1 aromatic rings. The number of nitrogens with one attached hydrogen (secondary N) is 1. The Kier molecular flexibility index (Phi) is 6.09. The molecule has 0 aliphatic heterocycles. The van der Waals surface area contributed by atoms with Crippen molar-refractivity contribution in [3.63, 3.8) is 0 Å². The maximum absolute atomic E-state index is 12.0. The number of hydrogen-bond acceptors (Lipinski definition) is 3. The summed E-state index contributed by atoms with van der Waals surface area (Å²) in [6.45, 7) is 9.07. The van der Waals surface area contributed by atoms with Gasteiger partial charge in [0.15, 0.2) is 0 Å². The van der Waals surface area contributed by atoms with E-state index in [2.05, 4.69) is 11.9 Å². The summed E-state index contributed by atoms with van der Waals surface area (Å²) in [4.78, 5) is 12.0. The molecule has 4 heteroatoms. The Morgan fingerprint density at radius 2 is 2.11 bits per heavy atom. The summed E-state index contributed by atoms with van der Waals surface area (Å²) in [5, 5.41) is 2.82. The Morgan fingerprint density at radius 1 is 1.37 bits per heavy atom. The lowest BCUT2D eigenvalue weighted by Gasteiger charge is -2.10. The largest absolute Gasteiger partial charge is 0.398 e.